The summed E-state index contributed by atoms with van der Waals surface area (Å²) in [7, 11) is 2.22. The third-order valence-electron chi connectivity index (χ3n) is 3.46. The van der Waals surface area contributed by atoms with Crippen LogP contribution in [0.3, 0.4) is 0 Å². The van der Waals surface area contributed by atoms with Gasteiger partial charge in [0.25, 0.3) is 0 Å². The molecule has 12 heavy (non-hydrogen) atoms. The van der Waals surface area contributed by atoms with E-state index in [-0.39, 0.29) is 0 Å². The van der Waals surface area contributed by atoms with Crippen molar-refractivity contribution in [3.05, 3.63) is 0 Å². The molecule has 1 aliphatic carbocycles. The highest BCUT2D eigenvalue weighted by Crippen LogP contribution is 2.50. The molecule has 1 saturated carbocycles. The number of hydrogen-bond acceptors (Lipinski definition) is 2. The number of carbonyl (C=O) groups excluding carboxylic acids is 1. The van der Waals surface area contributed by atoms with Crippen LogP contribution in [0, 0.1) is 11.8 Å². The molecule has 0 aromatic heterocycles. The third-order valence-corrected chi connectivity index (χ3v) is 3.46. The Morgan fingerprint density at radius 2 is 2.42 bits per heavy atom. The quantitative estimate of drug-likeness (QED) is 0.591. The van der Waals surface area contributed by atoms with Gasteiger partial charge in [-0.25, -0.2) is 0 Å². The van der Waals surface area contributed by atoms with Crippen LogP contribution < -0.4 is 0 Å². The van der Waals surface area contributed by atoms with Gasteiger partial charge in [0.1, 0.15) is 6.29 Å². The minimum Gasteiger partial charge on any atom is -0.303 e. The highest BCUT2D eigenvalue weighted by atomic mass is 16.1. The van der Waals surface area contributed by atoms with Crippen molar-refractivity contribution in [3.63, 3.8) is 0 Å². The van der Waals surface area contributed by atoms with E-state index in [1.165, 1.54) is 19.4 Å². The van der Waals surface area contributed by atoms with Crippen molar-refractivity contribution < 1.29 is 4.79 Å². The van der Waals surface area contributed by atoms with Crippen molar-refractivity contribution in [2.45, 2.75) is 31.7 Å². The van der Waals surface area contributed by atoms with Gasteiger partial charge in [-0.2, -0.15) is 0 Å². The summed E-state index contributed by atoms with van der Waals surface area (Å²) in [6, 6.07) is 0.832. The van der Waals surface area contributed by atoms with Crippen LogP contribution in [0.4, 0.5) is 0 Å². The Labute approximate surface area is 73.9 Å². The van der Waals surface area contributed by atoms with E-state index in [0.29, 0.717) is 0 Å². The molecule has 0 N–H and O–H groups in total. The molecule has 2 fully saturated rings. The number of likely N-dealkylation sites (tertiary alicyclic amines) is 1. The first-order valence-corrected chi connectivity index (χ1v) is 4.98. The SMILES string of the molecule is CN1CCCC2C(CCC=O)C21. The Balaban J connectivity index is 1.83. The summed E-state index contributed by atoms with van der Waals surface area (Å²) in [4.78, 5) is 12.7. The lowest BCUT2D eigenvalue weighted by Crippen LogP contribution is -2.27. The van der Waals surface area contributed by atoms with Gasteiger partial charge in [0, 0.05) is 12.5 Å². The van der Waals surface area contributed by atoms with Gasteiger partial charge in [0.2, 0.25) is 0 Å². The second-order valence-electron chi connectivity index (χ2n) is 4.19. The predicted octanol–water partition coefficient (Wildman–Crippen LogP) is 1.31. The fourth-order valence-electron chi connectivity index (χ4n) is 2.83. The van der Waals surface area contributed by atoms with Crippen molar-refractivity contribution >= 4 is 6.29 Å². The van der Waals surface area contributed by atoms with Crippen LogP contribution in [0.5, 0.6) is 0 Å². The molecular formula is C10H17NO. The lowest BCUT2D eigenvalue weighted by Gasteiger charge is -2.20. The Kier molecular flexibility index (Phi) is 2.18. The number of hydrogen-bond donors (Lipinski definition) is 0. The second kappa shape index (κ2) is 3.17. The molecule has 3 atom stereocenters. The van der Waals surface area contributed by atoms with Crippen LogP contribution >= 0.6 is 0 Å². The molecule has 1 heterocycles. The molecule has 1 aliphatic heterocycles. The molecule has 0 spiro atoms. The molecule has 2 rings (SSSR count). The maximum absolute atomic E-state index is 10.2. The molecule has 2 aliphatic rings. The summed E-state index contributed by atoms with van der Waals surface area (Å²) in [6.45, 7) is 1.26. The summed E-state index contributed by atoms with van der Waals surface area (Å²) in [5.74, 6) is 1.78. The van der Waals surface area contributed by atoms with E-state index in [0.717, 1.165) is 37.0 Å². The number of piperidine rings is 1. The summed E-state index contributed by atoms with van der Waals surface area (Å²) in [5.41, 5.74) is 0. The first-order valence-electron chi connectivity index (χ1n) is 4.98. The number of fused-ring (bicyclic) bond motifs is 1. The van der Waals surface area contributed by atoms with Crippen molar-refractivity contribution in [1.29, 1.82) is 0 Å². The van der Waals surface area contributed by atoms with Gasteiger partial charge in [-0.05, 0) is 44.7 Å². The average molecular weight is 167 g/mol. The fourth-order valence-corrected chi connectivity index (χ4v) is 2.83. The van der Waals surface area contributed by atoms with Crippen LogP contribution in [0.25, 0.3) is 0 Å². The van der Waals surface area contributed by atoms with Gasteiger partial charge in [-0.1, -0.05) is 0 Å². The third kappa shape index (κ3) is 1.28. The molecule has 2 nitrogen and oxygen atoms in total. The van der Waals surface area contributed by atoms with Gasteiger partial charge >= 0.3 is 0 Å². The van der Waals surface area contributed by atoms with Gasteiger partial charge < -0.3 is 9.69 Å². The van der Waals surface area contributed by atoms with E-state index in [2.05, 4.69) is 11.9 Å². The molecule has 1 saturated heterocycles. The van der Waals surface area contributed by atoms with Crippen LogP contribution in [-0.4, -0.2) is 30.8 Å². The van der Waals surface area contributed by atoms with Crippen molar-refractivity contribution in [2.75, 3.05) is 13.6 Å². The highest BCUT2D eigenvalue weighted by Gasteiger charge is 2.52. The van der Waals surface area contributed by atoms with E-state index in [1.807, 2.05) is 0 Å². The lowest BCUT2D eigenvalue weighted by atomic mass is 10.1. The predicted molar refractivity (Wildman–Crippen MR) is 47.9 cm³/mol. The van der Waals surface area contributed by atoms with E-state index in [4.69, 9.17) is 0 Å². The zero-order chi connectivity index (χ0) is 8.55. The second-order valence-corrected chi connectivity index (χ2v) is 4.19. The zero-order valence-corrected chi connectivity index (χ0v) is 7.70. The average Bonchev–Trinajstić information content (AvgIpc) is 2.77. The Bertz CT molecular complexity index is 181. The van der Waals surface area contributed by atoms with E-state index in [9.17, 15) is 4.79 Å². The van der Waals surface area contributed by atoms with E-state index < -0.39 is 0 Å². The molecule has 0 bridgehead atoms. The number of nitrogens with zero attached hydrogens (tertiary/aromatic N) is 1. The molecule has 68 valence electrons. The Hall–Kier alpha value is -0.370. The first-order chi connectivity index (χ1) is 5.84. The summed E-state index contributed by atoms with van der Waals surface area (Å²) >= 11 is 0. The minimum atomic E-state index is 0.769. The molecular weight excluding hydrogens is 150 g/mol. The number of rotatable bonds is 3. The number of carbonyl (C=O) groups is 1. The summed E-state index contributed by atoms with van der Waals surface area (Å²) in [5, 5.41) is 0. The Morgan fingerprint density at radius 3 is 3.08 bits per heavy atom. The molecule has 0 aromatic rings. The van der Waals surface area contributed by atoms with Crippen LogP contribution in [0.2, 0.25) is 0 Å². The molecule has 3 unspecified atom stereocenters. The van der Waals surface area contributed by atoms with Crippen LogP contribution in [0.15, 0.2) is 0 Å². The molecule has 0 aromatic carbocycles. The first kappa shape index (κ1) is 8.24. The molecule has 2 heteroatoms. The lowest BCUT2D eigenvalue weighted by molar-refractivity contribution is -0.108. The topological polar surface area (TPSA) is 20.3 Å². The maximum atomic E-state index is 10.2. The molecule has 0 amide bonds. The minimum absolute atomic E-state index is 0.769. The normalized spacial score (nSPS) is 40.6. The summed E-state index contributed by atoms with van der Waals surface area (Å²) < 4.78 is 0. The monoisotopic (exact) mass is 167 g/mol. The highest BCUT2D eigenvalue weighted by molar-refractivity contribution is 5.49. The van der Waals surface area contributed by atoms with Crippen LogP contribution in [0.1, 0.15) is 25.7 Å². The van der Waals surface area contributed by atoms with Crippen molar-refractivity contribution in [1.82, 2.24) is 4.90 Å². The van der Waals surface area contributed by atoms with Gasteiger partial charge in [-0.3, -0.25) is 0 Å². The van der Waals surface area contributed by atoms with Crippen LogP contribution in [-0.2, 0) is 4.79 Å². The maximum Gasteiger partial charge on any atom is 0.120 e. The Morgan fingerprint density at radius 1 is 1.58 bits per heavy atom. The van der Waals surface area contributed by atoms with Crippen molar-refractivity contribution in [3.8, 4) is 0 Å². The fraction of sp³-hybridized carbons (Fsp3) is 0.900. The van der Waals surface area contributed by atoms with Gasteiger partial charge in [0.05, 0.1) is 0 Å². The standard InChI is InChI=1S/C10H17NO/c1-11-6-2-4-8-9(10(8)11)5-3-7-12/h7-10H,2-6H2,1H3. The summed E-state index contributed by atoms with van der Waals surface area (Å²) in [6.07, 6.45) is 5.72. The zero-order valence-electron chi connectivity index (χ0n) is 7.70. The smallest absolute Gasteiger partial charge is 0.120 e. The molecule has 0 radical (unpaired) electrons. The van der Waals surface area contributed by atoms with E-state index in [1.54, 1.807) is 0 Å². The number of aldehydes is 1. The van der Waals surface area contributed by atoms with Gasteiger partial charge in [-0.15, -0.1) is 0 Å². The van der Waals surface area contributed by atoms with Gasteiger partial charge in [0.15, 0.2) is 0 Å². The largest absolute Gasteiger partial charge is 0.303 e. The van der Waals surface area contributed by atoms with E-state index >= 15 is 0 Å². The van der Waals surface area contributed by atoms with Crippen molar-refractivity contribution in [2.24, 2.45) is 11.8 Å².